The van der Waals surface area contributed by atoms with E-state index in [1.165, 1.54) is 3.99 Å². The fourth-order valence-electron chi connectivity index (χ4n) is 0.359. The van der Waals surface area contributed by atoms with Crippen LogP contribution in [0.5, 0.6) is 0 Å². The first-order valence-electron chi connectivity index (χ1n) is 2.51. The number of halogens is 2. The first kappa shape index (κ1) is 10.00. The van der Waals surface area contributed by atoms with Crippen LogP contribution < -0.4 is 0 Å². The third kappa shape index (κ3) is 8.00. The molecule has 8 heavy (non-hydrogen) atoms. The van der Waals surface area contributed by atoms with E-state index in [4.69, 9.17) is 0 Å². The normalized spacial score (nSPS) is 12.8. The quantitative estimate of drug-likeness (QED) is 0.657. The summed E-state index contributed by atoms with van der Waals surface area (Å²) in [6.07, 6.45) is 0. The molecule has 0 aliphatic rings. The van der Waals surface area contributed by atoms with E-state index in [9.17, 15) is 0 Å². The predicted octanol–water partition coefficient (Wildman–Crippen LogP) is 3.14. The second-order valence-corrected chi connectivity index (χ2v) is 30.8. The summed E-state index contributed by atoms with van der Waals surface area (Å²) in [4.78, 5) is 0. The van der Waals surface area contributed by atoms with Gasteiger partial charge in [-0.1, -0.05) is 0 Å². The minimum absolute atomic E-state index is 0.733. The summed E-state index contributed by atoms with van der Waals surface area (Å²) in [5, 5.41) is 0. The van der Waals surface area contributed by atoms with Crippen LogP contribution in [0.2, 0.25) is 23.6 Å². The molecule has 0 spiro atoms. The van der Waals surface area contributed by atoms with Gasteiger partial charge in [-0.15, -0.1) is 0 Å². The van der Waals surface area contributed by atoms with Crippen LogP contribution in [0.15, 0.2) is 0 Å². The van der Waals surface area contributed by atoms with Crippen LogP contribution in [0, 0.1) is 0 Å². The zero-order valence-corrected chi connectivity index (χ0v) is 12.1. The SMILES string of the molecule is C[Si](C)(C)[CH2][Sb]([Br])[Br]. The van der Waals surface area contributed by atoms with Crippen molar-refractivity contribution >= 4 is 49.0 Å². The van der Waals surface area contributed by atoms with Crippen LogP contribution in [-0.2, 0) is 0 Å². The monoisotopic (exact) mass is 366 g/mol. The molecule has 0 radical (unpaired) electrons. The first-order valence-corrected chi connectivity index (χ1v) is 19.5. The molecule has 0 aromatic carbocycles. The van der Waals surface area contributed by atoms with Crippen LogP contribution >= 0.6 is 25.2 Å². The number of rotatable bonds is 2. The van der Waals surface area contributed by atoms with Gasteiger partial charge in [0.1, 0.15) is 0 Å². The predicted molar refractivity (Wildman–Crippen MR) is 51.8 cm³/mol. The maximum absolute atomic E-state index is 3.64. The van der Waals surface area contributed by atoms with Gasteiger partial charge < -0.3 is 0 Å². The van der Waals surface area contributed by atoms with Crippen LogP contribution in [0.4, 0.5) is 0 Å². The Kier molecular flexibility index (Phi) is 4.99. The van der Waals surface area contributed by atoms with E-state index in [0.717, 1.165) is 0 Å². The molecule has 0 aliphatic heterocycles. The Morgan fingerprint density at radius 1 is 1.25 bits per heavy atom. The van der Waals surface area contributed by atoms with E-state index in [-0.39, 0.29) is 0 Å². The zero-order valence-electron chi connectivity index (χ0n) is 5.41. The summed E-state index contributed by atoms with van der Waals surface area (Å²) >= 11 is 6.32. The molecule has 0 unspecified atom stereocenters. The zero-order chi connectivity index (χ0) is 6.78. The van der Waals surface area contributed by atoms with E-state index < -0.39 is 23.8 Å². The molecule has 50 valence electrons. The Bertz CT molecular complexity index is 68.9. The molecule has 0 nitrogen and oxygen atoms in total. The van der Waals surface area contributed by atoms with Gasteiger partial charge in [-0.25, -0.2) is 0 Å². The van der Waals surface area contributed by atoms with E-state index in [2.05, 4.69) is 44.8 Å². The van der Waals surface area contributed by atoms with Gasteiger partial charge in [0.15, 0.2) is 0 Å². The summed E-state index contributed by atoms with van der Waals surface area (Å²) in [5.41, 5.74) is 0. The third-order valence-electron chi connectivity index (χ3n) is 0.594. The molecule has 0 saturated heterocycles. The van der Waals surface area contributed by atoms with Crippen LogP contribution in [0.3, 0.4) is 0 Å². The van der Waals surface area contributed by atoms with Crippen molar-refractivity contribution in [3.63, 3.8) is 0 Å². The van der Waals surface area contributed by atoms with Crippen LogP contribution in [0.1, 0.15) is 0 Å². The molecule has 0 aromatic rings. The second kappa shape index (κ2) is 4.00. The van der Waals surface area contributed by atoms with Crippen molar-refractivity contribution < 1.29 is 0 Å². The maximum atomic E-state index is 3.64. The van der Waals surface area contributed by atoms with Crippen molar-refractivity contribution in [2.75, 3.05) is 0 Å². The van der Waals surface area contributed by atoms with Crippen molar-refractivity contribution in [2.24, 2.45) is 0 Å². The van der Waals surface area contributed by atoms with E-state index in [0.29, 0.717) is 0 Å². The fourth-order valence-corrected chi connectivity index (χ4v) is 37.5. The van der Waals surface area contributed by atoms with Gasteiger partial charge in [0, 0.05) is 0 Å². The van der Waals surface area contributed by atoms with Gasteiger partial charge in [0.25, 0.3) is 0 Å². The summed E-state index contributed by atoms with van der Waals surface area (Å²) in [5.74, 6) is 0. The average Bonchev–Trinajstić information content (AvgIpc) is 1.21. The molecule has 0 aromatic heterocycles. The van der Waals surface area contributed by atoms with Crippen molar-refractivity contribution in [3.8, 4) is 0 Å². The first-order chi connectivity index (χ1) is 3.42. The van der Waals surface area contributed by atoms with Crippen LogP contribution in [0.25, 0.3) is 0 Å². The number of hydrogen-bond acceptors (Lipinski definition) is 0. The molecule has 0 aliphatic carbocycles. The van der Waals surface area contributed by atoms with E-state index in [1.54, 1.807) is 0 Å². The van der Waals surface area contributed by atoms with E-state index in [1.807, 2.05) is 0 Å². The van der Waals surface area contributed by atoms with Gasteiger partial charge in [-0.05, 0) is 0 Å². The van der Waals surface area contributed by atoms with Gasteiger partial charge in [0.05, 0.1) is 0 Å². The van der Waals surface area contributed by atoms with Gasteiger partial charge >= 0.3 is 72.6 Å². The topological polar surface area (TPSA) is 0 Å². The average molecular weight is 369 g/mol. The van der Waals surface area contributed by atoms with Gasteiger partial charge in [-0.2, -0.15) is 0 Å². The summed E-state index contributed by atoms with van der Waals surface area (Å²) in [7, 11) is -0.733. The Labute approximate surface area is 71.8 Å². The number of hydrogen-bond donors (Lipinski definition) is 0. The summed E-state index contributed by atoms with van der Waals surface area (Å²) in [6, 6.07) is 0. The van der Waals surface area contributed by atoms with Gasteiger partial charge in [0.2, 0.25) is 0 Å². The molecule has 0 amide bonds. The van der Waals surface area contributed by atoms with Crippen molar-refractivity contribution in [2.45, 2.75) is 23.6 Å². The van der Waals surface area contributed by atoms with Crippen molar-refractivity contribution in [1.82, 2.24) is 0 Å². The Balaban J connectivity index is 3.39. The summed E-state index contributed by atoms with van der Waals surface area (Å²) < 4.78 is 1.48. The minimum atomic E-state index is -0.973. The molecule has 0 N–H and O–H groups in total. The Morgan fingerprint density at radius 3 is 1.62 bits per heavy atom. The molecule has 4 heteroatoms. The molecule has 0 atom stereocenters. The summed E-state index contributed by atoms with van der Waals surface area (Å²) in [6.45, 7) is 7.23. The van der Waals surface area contributed by atoms with Crippen LogP contribution in [-0.4, -0.2) is 23.8 Å². The van der Waals surface area contributed by atoms with E-state index >= 15 is 0 Å². The molecular formula is C4H11Br2SbSi. The third-order valence-corrected chi connectivity index (χ3v) is 22.0. The molecule has 0 heterocycles. The Morgan fingerprint density at radius 2 is 1.62 bits per heavy atom. The van der Waals surface area contributed by atoms with Crippen molar-refractivity contribution in [1.29, 1.82) is 0 Å². The standard InChI is InChI=1S/C4H11Si.2BrH.Sb/c1-5(2,3)4;;;/h1H2,2-4H3;2*1H;/q;;;+2/p-2. The molecular weight excluding hydrogens is 358 g/mol. The second-order valence-electron chi connectivity index (χ2n) is 3.02. The molecule has 0 saturated carbocycles. The van der Waals surface area contributed by atoms with Crippen molar-refractivity contribution in [3.05, 3.63) is 0 Å². The van der Waals surface area contributed by atoms with Gasteiger partial charge in [-0.3, -0.25) is 0 Å². The fraction of sp³-hybridized carbons (Fsp3) is 1.00. The Hall–Kier alpha value is 2.00. The molecule has 0 bridgehead atoms. The molecule has 0 fully saturated rings. The molecule has 0 rings (SSSR count).